The molecule has 0 aromatic rings. The van der Waals surface area contributed by atoms with Crippen molar-refractivity contribution in [2.24, 2.45) is 5.92 Å². The Morgan fingerprint density at radius 3 is 2.47 bits per heavy atom. The van der Waals surface area contributed by atoms with E-state index in [0.717, 1.165) is 19.5 Å². The van der Waals surface area contributed by atoms with E-state index < -0.39 is 5.97 Å². The Morgan fingerprint density at radius 2 is 1.88 bits per heavy atom. The molecule has 0 radical (unpaired) electrons. The van der Waals surface area contributed by atoms with E-state index in [0.29, 0.717) is 19.1 Å². The normalized spacial score (nSPS) is 25.6. The third kappa shape index (κ3) is 3.68. The van der Waals surface area contributed by atoms with Gasteiger partial charge < -0.3 is 9.84 Å². The molecule has 0 aromatic carbocycles. The van der Waals surface area contributed by atoms with Gasteiger partial charge in [0.1, 0.15) is 6.04 Å². The van der Waals surface area contributed by atoms with E-state index in [2.05, 4.69) is 4.90 Å². The Morgan fingerprint density at radius 1 is 1.24 bits per heavy atom. The minimum Gasteiger partial charge on any atom is -0.480 e. The first-order chi connectivity index (χ1) is 8.27. The summed E-state index contributed by atoms with van der Waals surface area (Å²) < 4.78 is 5.28. The van der Waals surface area contributed by atoms with Crippen molar-refractivity contribution in [3.05, 3.63) is 0 Å². The molecule has 0 bridgehead atoms. The zero-order valence-corrected chi connectivity index (χ0v) is 10.4. The third-order valence-corrected chi connectivity index (χ3v) is 4.05. The molecule has 1 heterocycles. The van der Waals surface area contributed by atoms with E-state index in [9.17, 15) is 9.90 Å². The number of carboxylic acid groups (broad SMARTS) is 1. The van der Waals surface area contributed by atoms with Crippen LogP contribution in [0.25, 0.3) is 0 Å². The molecule has 0 spiro atoms. The van der Waals surface area contributed by atoms with Crippen molar-refractivity contribution in [3.63, 3.8) is 0 Å². The van der Waals surface area contributed by atoms with Crippen molar-refractivity contribution in [1.82, 2.24) is 4.90 Å². The number of carbonyl (C=O) groups is 1. The van der Waals surface area contributed by atoms with E-state index in [1.165, 1.54) is 32.1 Å². The maximum Gasteiger partial charge on any atom is 0.320 e. The average molecular weight is 241 g/mol. The van der Waals surface area contributed by atoms with Crippen LogP contribution in [0.2, 0.25) is 0 Å². The predicted octanol–water partition coefficient (Wildman–Crippen LogP) is 1.74. The molecule has 2 aliphatic rings. The van der Waals surface area contributed by atoms with Gasteiger partial charge >= 0.3 is 5.97 Å². The van der Waals surface area contributed by atoms with Crippen LogP contribution in [0.5, 0.6) is 0 Å². The van der Waals surface area contributed by atoms with Crippen molar-refractivity contribution < 1.29 is 14.6 Å². The van der Waals surface area contributed by atoms with E-state index in [4.69, 9.17) is 4.74 Å². The summed E-state index contributed by atoms with van der Waals surface area (Å²) in [7, 11) is 0. The monoisotopic (exact) mass is 241 g/mol. The highest BCUT2D eigenvalue weighted by Crippen LogP contribution is 2.28. The summed E-state index contributed by atoms with van der Waals surface area (Å²) in [6.45, 7) is 2.89. The lowest BCUT2D eigenvalue weighted by Crippen LogP contribution is -2.48. The fourth-order valence-electron chi connectivity index (χ4n) is 3.03. The molecule has 1 N–H and O–H groups in total. The molecule has 0 aromatic heterocycles. The van der Waals surface area contributed by atoms with Crippen LogP contribution in [-0.2, 0) is 9.53 Å². The summed E-state index contributed by atoms with van der Waals surface area (Å²) in [4.78, 5) is 13.5. The number of carboxylic acids is 1. The first kappa shape index (κ1) is 12.8. The van der Waals surface area contributed by atoms with Gasteiger partial charge in [0.05, 0.1) is 13.2 Å². The zero-order chi connectivity index (χ0) is 12.1. The second-order valence-electron chi connectivity index (χ2n) is 5.24. The first-order valence-corrected chi connectivity index (χ1v) is 6.82. The molecule has 1 atom stereocenters. The second kappa shape index (κ2) is 6.36. The van der Waals surface area contributed by atoms with Gasteiger partial charge in [-0.3, -0.25) is 9.69 Å². The number of hydrogen-bond acceptors (Lipinski definition) is 3. The van der Waals surface area contributed by atoms with Crippen LogP contribution in [0, 0.1) is 5.92 Å². The molecule has 1 aliphatic carbocycles. The van der Waals surface area contributed by atoms with E-state index in [1.807, 2.05) is 0 Å². The molecule has 1 aliphatic heterocycles. The summed E-state index contributed by atoms with van der Waals surface area (Å²) in [6, 6.07) is -0.290. The summed E-state index contributed by atoms with van der Waals surface area (Å²) in [6.07, 6.45) is 7.14. The first-order valence-electron chi connectivity index (χ1n) is 6.82. The predicted molar refractivity (Wildman–Crippen MR) is 65.0 cm³/mol. The molecule has 0 amide bonds. The third-order valence-electron chi connectivity index (χ3n) is 4.05. The van der Waals surface area contributed by atoms with Crippen LogP contribution in [0.1, 0.15) is 38.5 Å². The number of aliphatic carboxylic acids is 1. The van der Waals surface area contributed by atoms with E-state index in [1.54, 1.807) is 0 Å². The van der Waals surface area contributed by atoms with Crippen LogP contribution >= 0.6 is 0 Å². The molecular formula is C13H23NO3. The second-order valence-corrected chi connectivity index (χ2v) is 5.24. The molecule has 1 unspecified atom stereocenters. The maximum atomic E-state index is 11.4. The lowest BCUT2D eigenvalue weighted by molar-refractivity contribution is -0.146. The smallest absolute Gasteiger partial charge is 0.320 e. The SMILES string of the molecule is O=C(O)C(CC1CCCCC1)N1CCOCC1. The molecule has 98 valence electrons. The summed E-state index contributed by atoms with van der Waals surface area (Å²) in [5.41, 5.74) is 0. The van der Waals surface area contributed by atoms with Gasteiger partial charge in [-0.2, -0.15) is 0 Å². The Kier molecular flexibility index (Phi) is 4.80. The summed E-state index contributed by atoms with van der Waals surface area (Å²) in [5, 5.41) is 9.37. The summed E-state index contributed by atoms with van der Waals surface area (Å²) >= 11 is 0. The summed E-state index contributed by atoms with van der Waals surface area (Å²) in [5.74, 6) is -0.0369. The van der Waals surface area contributed by atoms with Crippen molar-refractivity contribution in [3.8, 4) is 0 Å². The van der Waals surface area contributed by atoms with Crippen molar-refractivity contribution in [1.29, 1.82) is 0 Å². The van der Waals surface area contributed by atoms with Gasteiger partial charge in [-0.15, -0.1) is 0 Å². The maximum absolute atomic E-state index is 11.4. The molecule has 4 nitrogen and oxygen atoms in total. The highest BCUT2D eigenvalue weighted by Gasteiger charge is 2.30. The quantitative estimate of drug-likeness (QED) is 0.814. The lowest BCUT2D eigenvalue weighted by Gasteiger charge is -2.34. The largest absolute Gasteiger partial charge is 0.480 e. The van der Waals surface area contributed by atoms with Gasteiger partial charge in [0.25, 0.3) is 0 Å². The zero-order valence-electron chi connectivity index (χ0n) is 10.4. The number of rotatable bonds is 4. The Balaban J connectivity index is 1.88. The van der Waals surface area contributed by atoms with Gasteiger partial charge in [0.15, 0.2) is 0 Å². The molecule has 2 fully saturated rings. The number of ether oxygens (including phenoxy) is 1. The van der Waals surface area contributed by atoms with Crippen molar-refractivity contribution in [2.75, 3.05) is 26.3 Å². The van der Waals surface area contributed by atoms with Crippen LogP contribution in [-0.4, -0.2) is 48.3 Å². The van der Waals surface area contributed by atoms with Crippen molar-refractivity contribution in [2.45, 2.75) is 44.6 Å². The average Bonchev–Trinajstić information content (AvgIpc) is 2.38. The molecule has 4 heteroatoms. The van der Waals surface area contributed by atoms with Crippen LogP contribution in [0.15, 0.2) is 0 Å². The van der Waals surface area contributed by atoms with Crippen LogP contribution < -0.4 is 0 Å². The van der Waals surface area contributed by atoms with Gasteiger partial charge in [0, 0.05) is 13.1 Å². The Bertz CT molecular complexity index is 245. The highest BCUT2D eigenvalue weighted by atomic mass is 16.5. The van der Waals surface area contributed by atoms with Crippen LogP contribution in [0.4, 0.5) is 0 Å². The van der Waals surface area contributed by atoms with Gasteiger partial charge in [-0.05, 0) is 12.3 Å². The standard InChI is InChI=1S/C13H23NO3/c15-13(16)12(14-6-8-17-9-7-14)10-11-4-2-1-3-5-11/h11-12H,1-10H2,(H,15,16). The minimum atomic E-state index is -0.655. The number of nitrogens with zero attached hydrogens (tertiary/aromatic N) is 1. The molecule has 17 heavy (non-hydrogen) atoms. The van der Waals surface area contributed by atoms with Gasteiger partial charge in [-0.1, -0.05) is 32.1 Å². The van der Waals surface area contributed by atoms with E-state index in [-0.39, 0.29) is 6.04 Å². The molecule has 1 saturated heterocycles. The Hall–Kier alpha value is -0.610. The molecule has 2 rings (SSSR count). The fraction of sp³-hybridized carbons (Fsp3) is 0.923. The highest BCUT2D eigenvalue weighted by molar-refractivity contribution is 5.73. The number of hydrogen-bond donors (Lipinski definition) is 1. The lowest BCUT2D eigenvalue weighted by atomic mass is 9.84. The van der Waals surface area contributed by atoms with Crippen molar-refractivity contribution >= 4 is 5.97 Å². The Labute approximate surface area is 103 Å². The van der Waals surface area contributed by atoms with E-state index >= 15 is 0 Å². The van der Waals surface area contributed by atoms with Gasteiger partial charge in [0.2, 0.25) is 0 Å². The molecule has 1 saturated carbocycles. The topological polar surface area (TPSA) is 49.8 Å². The van der Waals surface area contributed by atoms with Gasteiger partial charge in [-0.25, -0.2) is 0 Å². The molecular weight excluding hydrogens is 218 g/mol. The minimum absolute atomic E-state index is 0.290. The van der Waals surface area contributed by atoms with Crippen LogP contribution in [0.3, 0.4) is 0 Å². The fourth-order valence-corrected chi connectivity index (χ4v) is 3.03. The number of morpholine rings is 1.